The molecule has 2 aromatic carbocycles. The number of hydrogen-bond donors (Lipinski definition) is 2. The molecule has 0 aliphatic rings. The summed E-state index contributed by atoms with van der Waals surface area (Å²) in [6.07, 6.45) is 5.61. The molecule has 0 aliphatic carbocycles. The Hall–Kier alpha value is -2.32. The van der Waals surface area contributed by atoms with Crippen molar-refractivity contribution in [3.63, 3.8) is 0 Å². The number of ether oxygens (including phenoxy) is 2. The van der Waals surface area contributed by atoms with Crippen LogP contribution in [-0.2, 0) is 0 Å². The van der Waals surface area contributed by atoms with Crippen LogP contribution in [0.1, 0.15) is 51.4 Å². The first-order valence-electron chi connectivity index (χ1n) is 10.9. The summed E-state index contributed by atoms with van der Waals surface area (Å²) < 4.78 is 67.9. The Morgan fingerprint density at radius 3 is 1.12 bits per heavy atom. The fourth-order valence-corrected chi connectivity index (χ4v) is 3.21. The highest BCUT2D eigenvalue weighted by Crippen LogP contribution is 2.33. The van der Waals surface area contributed by atoms with Crippen LogP contribution >= 0.6 is 0 Å². The number of unbranched alkanes of at least 4 members (excludes halogenated alkanes) is 6. The monoisotopic (exact) mass is 458 g/mol. The van der Waals surface area contributed by atoms with Crippen molar-refractivity contribution in [2.45, 2.75) is 51.4 Å². The van der Waals surface area contributed by atoms with E-state index in [0.29, 0.717) is 25.7 Å². The highest BCUT2D eigenvalue weighted by atomic mass is 19.1. The van der Waals surface area contributed by atoms with Gasteiger partial charge in [0, 0.05) is 13.2 Å². The fourth-order valence-electron chi connectivity index (χ4n) is 3.21. The molecule has 0 saturated carbocycles. The average Bonchev–Trinajstić information content (AvgIpc) is 2.75. The van der Waals surface area contributed by atoms with Crippen LogP contribution in [0, 0.1) is 23.3 Å². The van der Waals surface area contributed by atoms with Crippen LogP contribution in [0.3, 0.4) is 0 Å². The Morgan fingerprint density at radius 2 is 0.812 bits per heavy atom. The molecule has 32 heavy (non-hydrogen) atoms. The van der Waals surface area contributed by atoms with Gasteiger partial charge in [0.1, 0.15) is 0 Å². The van der Waals surface area contributed by atoms with E-state index in [9.17, 15) is 17.6 Å². The first-order chi connectivity index (χ1) is 15.5. The van der Waals surface area contributed by atoms with Crippen LogP contribution in [0.15, 0.2) is 24.3 Å². The third-order valence-corrected chi connectivity index (χ3v) is 4.93. The van der Waals surface area contributed by atoms with Gasteiger partial charge in [0.2, 0.25) is 0 Å². The number of aliphatic hydroxyl groups excluding tert-OH is 2. The third kappa shape index (κ3) is 7.98. The molecule has 0 heterocycles. The number of benzene rings is 2. The molecule has 0 bridgehead atoms. The van der Waals surface area contributed by atoms with Gasteiger partial charge < -0.3 is 19.7 Å². The zero-order valence-corrected chi connectivity index (χ0v) is 18.0. The predicted molar refractivity (Wildman–Crippen MR) is 114 cm³/mol. The number of hydrogen-bond acceptors (Lipinski definition) is 4. The smallest absolute Gasteiger partial charge is 0.190 e. The molecular weight excluding hydrogens is 428 g/mol. The lowest BCUT2D eigenvalue weighted by Crippen LogP contribution is -2.03. The minimum atomic E-state index is -0.959. The minimum absolute atomic E-state index is 0.0244. The summed E-state index contributed by atoms with van der Waals surface area (Å²) in [6.45, 7) is 0.443. The van der Waals surface area contributed by atoms with Crippen molar-refractivity contribution in [2.24, 2.45) is 0 Å². The normalized spacial score (nSPS) is 11.1. The second-order valence-corrected chi connectivity index (χ2v) is 7.51. The van der Waals surface area contributed by atoms with Gasteiger partial charge in [-0.15, -0.1) is 0 Å². The van der Waals surface area contributed by atoms with Crippen LogP contribution < -0.4 is 9.47 Å². The molecule has 0 amide bonds. The molecule has 0 unspecified atom stereocenters. The first-order valence-corrected chi connectivity index (χ1v) is 10.9. The molecule has 2 rings (SSSR count). The Labute approximate surface area is 185 Å². The summed E-state index contributed by atoms with van der Waals surface area (Å²) in [5, 5.41) is 17.5. The number of rotatable bonds is 15. The standard InChI is InChI=1S/C24H30F4O4/c25-19-13-17(14-20(26)23(19)31-11-7-3-1-5-9-29)18-15-21(27)24(22(28)16-18)32-12-8-4-2-6-10-30/h13-16,29-30H,1-12H2. The highest BCUT2D eigenvalue weighted by Gasteiger charge is 2.17. The summed E-state index contributed by atoms with van der Waals surface area (Å²) >= 11 is 0. The molecule has 0 aromatic heterocycles. The summed E-state index contributed by atoms with van der Waals surface area (Å²) in [5.41, 5.74) is -0.0488. The second kappa shape index (κ2) is 14.0. The average molecular weight is 458 g/mol. The van der Waals surface area contributed by atoms with Gasteiger partial charge in [0.15, 0.2) is 34.8 Å². The lowest BCUT2D eigenvalue weighted by Gasteiger charge is -2.12. The highest BCUT2D eigenvalue weighted by molar-refractivity contribution is 5.66. The maximum atomic E-state index is 14.4. The molecule has 8 heteroatoms. The molecule has 0 aliphatic heterocycles. The van der Waals surface area contributed by atoms with Crippen molar-refractivity contribution in [1.82, 2.24) is 0 Å². The van der Waals surface area contributed by atoms with Crippen LogP contribution in [0.25, 0.3) is 11.1 Å². The Balaban J connectivity index is 2.01. The lowest BCUT2D eigenvalue weighted by atomic mass is 10.0. The zero-order valence-electron chi connectivity index (χ0n) is 18.0. The van der Waals surface area contributed by atoms with Gasteiger partial charge in [0.25, 0.3) is 0 Å². The largest absolute Gasteiger partial charge is 0.488 e. The quantitative estimate of drug-likeness (QED) is 0.263. The van der Waals surface area contributed by atoms with Gasteiger partial charge in [-0.3, -0.25) is 0 Å². The Kier molecular flexibility index (Phi) is 11.3. The number of halogens is 4. The van der Waals surface area contributed by atoms with Gasteiger partial charge in [-0.25, -0.2) is 17.6 Å². The van der Waals surface area contributed by atoms with Crippen molar-refractivity contribution in [1.29, 1.82) is 0 Å². The van der Waals surface area contributed by atoms with Crippen molar-refractivity contribution < 1.29 is 37.2 Å². The molecule has 2 N–H and O–H groups in total. The molecule has 0 atom stereocenters. The van der Waals surface area contributed by atoms with Gasteiger partial charge in [0.05, 0.1) is 13.2 Å². The molecule has 0 radical (unpaired) electrons. The SMILES string of the molecule is OCCCCCCOc1c(F)cc(-c2cc(F)c(OCCCCCCO)c(F)c2)cc1F. The molecule has 4 nitrogen and oxygen atoms in total. The van der Waals surface area contributed by atoms with E-state index in [4.69, 9.17) is 19.7 Å². The van der Waals surface area contributed by atoms with E-state index in [-0.39, 0.29) is 37.6 Å². The fraction of sp³-hybridized carbons (Fsp3) is 0.500. The van der Waals surface area contributed by atoms with Gasteiger partial charge in [-0.05, 0) is 73.9 Å². The molecule has 2 aromatic rings. The van der Waals surface area contributed by atoms with Crippen LogP contribution in [0.5, 0.6) is 11.5 Å². The van der Waals surface area contributed by atoms with Gasteiger partial charge >= 0.3 is 0 Å². The van der Waals surface area contributed by atoms with Crippen LogP contribution in [0.2, 0.25) is 0 Å². The molecule has 0 fully saturated rings. The van der Waals surface area contributed by atoms with Crippen LogP contribution in [-0.4, -0.2) is 36.6 Å². The van der Waals surface area contributed by atoms with E-state index in [1.807, 2.05) is 0 Å². The third-order valence-electron chi connectivity index (χ3n) is 4.93. The van der Waals surface area contributed by atoms with E-state index in [1.54, 1.807) is 0 Å². The maximum absolute atomic E-state index is 14.4. The summed E-state index contributed by atoms with van der Waals surface area (Å²) in [5.74, 6) is -4.89. The lowest BCUT2D eigenvalue weighted by molar-refractivity contribution is 0.263. The van der Waals surface area contributed by atoms with E-state index < -0.39 is 34.8 Å². The van der Waals surface area contributed by atoms with Crippen molar-refractivity contribution in [3.05, 3.63) is 47.5 Å². The molecular formula is C24H30F4O4. The van der Waals surface area contributed by atoms with Crippen molar-refractivity contribution >= 4 is 0 Å². The second-order valence-electron chi connectivity index (χ2n) is 7.51. The predicted octanol–water partition coefficient (Wildman–Crippen LogP) is 5.77. The zero-order chi connectivity index (χ0) is 23.3. The maximum Gasteiger partial charge on any atom is 0.190 e. The van der Waals surface area contributed by atoms with E-state index >= 15 is 0 Å². The van der Waals surface area contributed by atoms with E-state index in [2.05, 4.69) is 0 Å². The van der Waals surface area contributed by atoms with E-state index in [0.717, 1.165) is 49.9 Å². The molecule has 0 spiro atoms. The Morgan fingerprint density at radius 1 is 0.500 bits per heavy atom. The van der Waals surface area contributed by atoms with Crippen LogP contribution in [0.4, 0.5) is 17.6 Å². The summed E-state index contributed by atoms with van der Waals surface area (Å²) in [6, 6.07) is 3.89. The summed E-state index contributed by atoms with van der Waals surface area (Å²) in [7, 11) is 0. The Bertz CT molecular complexity index is 729. The number of aliphatic hydroxyl groups is 2. The van der Waals surface area contributed by atoms with Gasteiger partial charge in [-0.2, -0.15) is 0 Å². The van der Waals surface area contributed by atoms with Crippen molar-refractivity contribution in [2.75, 3.05) is 26.4 Å². The van der Waals surface area contributed by atoms with E-state index in [1.165, 1.54) is 0 Å². The first kappa shape index (κ1) is 25.9. The molecule has 178 valence electrons. The molecule has 0 saturated heterocycles. The van der Waals surface area contributed by atoms with Crippen molar-refractivity contribution in [3.8, 4) is 22.6 Å². The minimum Gasteiger partial charge on any atom is -0.488 e. The topological polar surface area (TPSA) is 58.9 Å². The van der Waals surface area contributed by atoms with Gasteiger partial charge in [-0.1, -0.05) is 12.8 Å². The summed E-state index contributed by atoms with van der Waals surface area (Å²) in [4.78, 5) is 0.